The van der Waals surface area contributed by atoms with Crippen LogP contribution in [0.5, 0.6) is 0 Å². The predicted molar refractivity (Wildman–Crippen MR) is 65.2 cm³/mol. The van der Waals surface area contributed by atoms with Crippen molar-refractivity contribution in [1.82, 2.24) is 5.32 Å². The molecule has 3 nitrogen and oxygen atoms in total. The minimum atomic E-state index is -0.0908. The number of carbonyl (C=O) groups excluding carboxylic acids is 1. The number of hydrogen-bond acceptors (Lipinski definition) is 3. The van der Waals surface area contributed by atoms with Crippen LogP contribution in [0.15, 0.2) is 0 Å². The summed E-state index contributed by atoms with van der Waals surface area (Å²) in [5.74, 6) is 1.53. The first kappa shape index (κ1) is 13.5. The highest BCUT2D eigenvalue weighted by Gasteiger charge is 2.23. The number of esters is 1. The molecule has 0 radical (unpaired) electrons. The first-order valence-electron chi connectivity index (χ1n) is 6.50. The van der Waals surface area contributed by atoms with Crippen molar-refractivity contribution in [1.29, 1.82) is 0 Å². The summed E-state index contributed by atoms with van der Waals surface area (Å²) in [5.41, 5.74) is 0. The lowest BCUT2D eigenvalue weighted by molar-refractivity contribution is -0.143. The summed E-state index contributed by atoms with van der Waals surface area (Å²) >= 11 is 0. The van der Waals surface area contributed by atoms with Gasteiger partial charge in [0.1, 0.15) is 0 Å². The molecule has 0 heterocycles. The molecule has 1 aliphatic rings. The summed E-state index contributed by atoms with van der Waals surface area (Å²) in [7, 11) is 0. The Morgan fingerprint density at radius 2 is 1.88 bits per heavy atom. The van der Waals surface area contributed by atoms with Crippen molar-refractivity contribution in [2.75, 3.05) is 13.2 Å². The molecule has 2 unspecified atom stereocenters. The maximum Gasteiger partial charge on any atom is 0.307 e. The quantitative estimate of drug-likeness (QED) is 0.733. The topological polar surface area (TPSA) is 38.3 Å². The van der Waals surface area contributed by atoms with Crippen LogP contribution in [0.3, 0.4) is 0 Å². The van der Waals surface area contributed by atoms with Crippen LogP contribution in [0.1, 0.15) is 46.5 Å². The van der Waals surface area contributed by atoms with Gasteiger partial charge in [-0.25, -0.2) is 0 Å². The van der Waals surface area contributed by atoms with E-state index in [1.165, 1.54) is 19.3 Å². The van der Waals surface area contributed by atoms with Crippen LogP contribution < -0.4 is 5.32 Å². The smallest absolute Gasteiger partial charge is 0.307 e. The normalized spacial score (nSPS) is 30.1. The lowest BCUT2D eigenvalue weighted by atomic mass is 9.80. The number of hydrogen-bond donors (Lipinski definition) is 1. The molecule has 2 atom stereocenters. The Morgan fingerprint density at radius 1 is 1.25 bits per heavy atom. The molecule has 1 rings (SSSR count). The number of rotatable bonds is 5. The molecule has 0 aromatic rings. The standard InChI is InChI=1S/C13H25NO2/c1-4-16-13(15)5-6-14-12-8-10(2)7-11(3)9-12/h10-12,14H,4-9H2,1-3H3. The highest BCUT2D eigenvalue weighted by Crippen LogP contribution is 2.28. The van der Waals surface area contributed by atoms with Crippen molar-refractivity contribution in [2.24, 2.45) is 11.8 Å². The third-order valence-corrected chi connectivity index (χ3v) is 3.25. The van der Waals surface area contributed by atoms with Crippen molar-refractivity contribution in [3.8, 4) is 0 Å². The van der Waals surface area contributed by atoms with E-state index in [0.717, 1.165) is 18.4 Å². The molecular weight excluding hydrogens is 202 g/mol. The average molecular weight is 227 g/mol. The molecule has 0 amide bonds. The van der Waals surface area contributed by atoms with Crippen molar-refractivity contribution >= 4 is 5.97 Å². The summed E-state index contributed by atoms with van der Waals surface area (Å²) < 4.78 is 4.89. The zero-order valence-electron chi connectivity index (χ0n) is 10.8. The zero-order valence-corrected chi connectivity index (χ0v) is 10.8. The van der Waals surface area contributed by atoms with Gasteiger partial charge in [-0.05, 0) is 38.0 Å². The SMILES string of the molecule is CCOC(=O)CCNC1CC(C)CC(C)C1. The van der Waals surface area contributed by atoms with Gasteiger partial charge in [-0.2, -0.15) is 0 Å². The third-order valence-electron chi connectivity index (χ3n) is 3.25. The molecule has 94 valence electrons. The highest BCUT2D eigenvalue weighted by atomic mass is 16.5. The molecule has 0 spiro atoms. The van der Waals surface area contributed by atoms with Gasteiger partial charge in [-0.3, -0.25) is 4.79 Å². The summed E-state index contributed by atoms with van der Waals surface area (Å²) in [6.07, 6.45) is 4.32. The van der Waals surface area contributed by atoms with Crippen molar-refractivity contribution in [3.63, 3.8) is 0 Å². The molecule has 1 fully saturated rings. The third kappa shape index (κ3) is 4.97. The monoisotopic (exact) mass is 227 g/mol. The molecule has 3 heteroatoms. The van der Waals surface area contributed by atoms with Crippen molar-refractivity contribution in [3.05, 3.63) is 0 Å². The minimum absolute atomic E-state index is 0.0908. The van der Waals surface area contributed by atoms with Gasteiger partial charge in [-0.1, -0.05) is 13.8 Å². The van der Waals surface area contributed by atoms with E-state index in [0.29, 0.717) is 19.1 Å². The second-order valence-electron chi connectivity index (χ2n) is 5.12. The second kappa shape index (κ2) is 6.89. The van der Waals surface area contributed by atoms with Crippen molar-refractivity contribution < 1.29 is 9.53 Å². The van der Waals surface area contributed by atoms with Gasteiger partial charge < -0.3 is 10.1 Å². The Balaban J connectivity index is 2.14. The summed E-state index contributed by atoms with van der Waals surface area (Å²) in [6, 6.07) is 0.591. The second-order valence-corrected chi connectivity index (χ2v) is 5.12. The summed E-state index contributed by atoms with van der Waals surface area (Å²) in [6.45, 7) is 7.71. The largest absolute Gasteiger partial charge is 0.466 e. The summed E-state index contributed by atoms with van der Waals surface area (Å²) in [5, 5.41) is 3.47. The number of carbonyl (C=O) groups is 1. The molecular formula is C13H25NO2. The number of ether oxygens (including phenoxy) is 1. The van der Waals surface area contributed by atoms with Crippen LogP contribution in [0.4, 0.5) is 0 Å². The van der Waals surface area contributed by atoms with Crippen LogP contribution in [0.2, 0.25) is 0 Å². The Labute approximate surface area is 98.9 Å². The lowest BCUT2D eigenvalue weighted by Gasteiger charge is -2.32. The van der Waals surface area contributed by atoms with E-state index >= 15 is 0 Å². The van der Waals surface area contributed by atoms with Crippen LogP contribution in [0.25, 0.3) is 0 Å². The fourth-order valence-electron chi connectivity index (χ4n) is 2.73. The molecule has 0 saturated heterocycles. The molecule has 1 N–H and O–H groups in total. The van der Waals surface area contributed by atoms with Crippen LogP contribution >= 0.6 is 0 Å². The fourth-order valence-corrected chi connectivity index (χ4v) is 2.73. The first-order valence-corrected chi connectivity index (χ1v) is 6.50. The van der Waals surface area contributed by atoms with Crippen LogP contribution in [-0.2, 0) is 9.53 Å². The lowest BCUT2D eigenvalue weighted by Crippen LogP contribution is -2.37. The van der Waals surface area contributed by atoms with E-state index in [4.69, 9.17) is 4.74 Å². The predicted octanol–water partition coefficient (Wildman–Crippen LogP) is 2.35. The molecule has 0 bridgehead atoms. The van der Waals surface area contributed by atoms with E-state index < -0.39 is 0 Å². The first-order chi connectivity index (χ1) is 7.61. The summed E-state index contributed by atoms with van der Waals surface area (Å²) in [4.78, 5) is 11.2. The molecule has 0 aromatic heterocycles. The average Bonchev–Trinajstić information content (AvgIpc) is 2.16. The van der Waals surface area contributed by atoms with E-state index in [1.54, 1.807) is 0 Å². The van der Waals surface area contributed by atoms with Gasteiger partial charge in [0.2, 0.25) is 0 Å². The van der Waals surface area contributed by atoms with Gasteiger partial charge in [0.25, 0.3) is 0 Å². The fraction of sp³-hybridized carbons (Fsp3) is 0.923. The van der Waals surface area contributed by atoms with Crippen molar-refractivity contribution in [2.45, 2.75) is 52.5 Å². The molecule has 1 aliphatic carbocycles. The van der Waals surface area contributed by atoms with Gasteiger partial charge in [0, 0.05) is 12.6 Å². The van der Waals surface area contributed by atoms with Gasteiger partial charge in [0.15, 0.2) is 0 Å². The van der Waals surface area contributed by atoms with Gasteiger partial charge >= 0.3 is 5.97 Å². The van der Waals surface area contributed by atoms with E-state index in [-0.39, 0.29) is 5.97 Å². The zero-order chi connectivity index (χ0) is 12.0. The maximum atomic E-state index is 11.2. The molecule has 1 saturated carbocycles. The Morgan fingerprint density at radius 3 is 2.44 bits per heavy atom. The minimum Gasteiger partial charge on any atom is -0.466 e. The number of nitrogens with one attached hydrogen (secondary N) is 1. The Hall–Kier alpha value is -0.570. The molecule has 0 aromatic carbocycles. The van der Waals surface area contributed by atoms with E-state index in [9.17, 15) is 4.79 Å². The Kier molecular flexibility index (Phi) is 5.81. The van der Waals surface area contributed by atoms with E-state index in [1.807, 2.05) is 6.92 Å². The molecule has 0 aliphatic heterocycles. The Bertz CT molecular complexity index is 208. The maximum absolute atomic E-state index is 11.2. The van der Waals surface area contributed by atoms with E-state index in [2.05, 4.69) is 19.2 Å². The van der Waals surface area contributed by atoms with Gasteiger partial charge in [-0.15, -0.1) is 0 Å². The molecule has 16 heavy (non-hydrogen) atoms. The van der Waals surface area contributed by atoms with Gasteiger partial charge in [0.05, 0.1) is 13.0 Å². The van der Waals surface area contributed by atoms with Crippen LogP contribution in [-0.4, -0.2) is 25.2 Å². The van der Waals surface area contributed by atoms with Crippen LogP contribution in [0, 0.1) is 11.8 Å². The highest BCUT2D eigenvalue weighted by molar-refractivity contribution is 5.69.